The number of pyridine rings is 1. The number of ether oxygens (including phenoxy) is 1. The lowest BCUT2D eigenvalue weighted by Crippen LogP contribution is -2.28. The maximum Gasteiger partial charge on any atom is 0.320 e. The summed E-state index contributed by atoms with van der Waals surface area (Å²) in [4.78, 5) is 25.3. The molecule has 0 atom stereocenters. The van der Waals surface area contributed by atoms with Gasteiger partial charge in [-0.05, 0) is 26.0 Å². The number of aromatic amines is 1. The number of amides is 2. The monoisotopic (exact) mass is 359 g/mol. The average molecular weight is 359 g/mol. The van der Waals surface area contributed by atoms with E-state index < -0.39 is 0 Å². The van der Waals surface area contributed by atoms with Crippen molar-refractivity contribution >= 4 is 23.2 Å². The summed E-state index contributed by atoms with van der Waals surface area (Å²) >= 11 is 1.42. The van der Waals surface area contributed by atoms with Crippen LogP contribution in [0, 0.1) is 0 Å². The summed E-state index contributed by atoms with van der Waals surface area (Å²) in [5.74, 6) is 1.54. The molecule has 3 heterocycles. The molecule has 3 rings (SSSR count). The number of nitrogens with one attached hydrogen (secondary N) is 3. The minimum absolute atomic E-state index is 0.302. The van der Waals surface area contributed by atoms with Gasteiger partial charge in [-0.2, -0.15) is 5.10 Å². The Morgan fingerprint density at radius 3 is 2.96 bits per heavy atom. The molecule has 2 amide bonds. The second kappa shape index (κ2) is 7.71. The van der Waals surface area contributed by atoms with E-state index in [1.165, 1.54) is 17.7 Å². The van der Waals surface area contributed by atoms with E-state index >= 15 is 0 Å². The van der Waals surface area contributed by atoms with Gasteiger partial charge in [-0.3, -0.25) is 10.4 Å². The molecule has 0 saturated carbocycles. The van der Waals surface area contributed by atoms with E-state index in [1.54, 1.807) is 12.3 Å². The Balaban J connectivity index is 1.91. The van der Waals surface area contributed by atoms with Gasteiger partial charge in [-0.15, -0.1) is 11.3 Å². The van der Waals surface area contributed by atoms with Crippen molar-refractivity contribution in [1.29, 1.82) is 0 Å². The molecule has 9 nitrogen and oxygen atoms in total. The Labute approximate surface area is 147 Å². The van der Waals surface area contributed by atoms with E-state index in [0.29, 0.717) is 30.7 Å². The van der Waals surface area contributed by atoms with Crippen molar-refractivity contribution in [2.24, 2.45) is 0 Å². The molecule has 0 fully saturated rings. The molecule has 10 heteroatoms. The number of rotatable bonds is 6. The predicted molar refractivity (Wildman–Crippen MR) is 94.6 cm³/mol. The van der Waals surface area contributed by atoms with Crippen LogP contribution in [-0.4, -0.2) is 44.3 Å². The Kier molecular flexibility index (Phi) is 5.19. The molecule has 0 aromatic carbocycles. The number of carbonyl (C=O) groups is 1. The highest BCUT2D eigenvalue weighted by molar-refractivity contribution is 7.18. The van der Waals surface area contributed by atoms with Gasteiger partial charge in [0.1, 0.15) is 22.0 Å². The molecule has 3 aromatic rings. The second-order valence-electron chi connectivity index (χ2n) is 4.83. The van der Waals surface area contributed by atoms with Gasteiger partial charge in [-0.25, -0.2) is 19.7 Å². The molecular weight excluding hydrogens is 342 g/mol. The number of urea groups is 1. The quantitative estimate of drug-likeness (QED) is 0.622. The number of thiazole rings is 1. The summed E-state index contributed by atoms with van der Waals surface area (Å²) < 4.78 is 5.61. The average Bonchev–Trinajstić information content (AvgIpc) is 3.25. The minimum atomic E-state index is -0.302. The third-order valence-electron chi connectivity index (χ3n) is 3.09. The van der Waals surface area contributed by atoms with E-state index in [1.807, 2.05) is 19.9 Å². The third-order valence-corrected chi connectivity index (χ3v) is 4.19. The number of H-pyrrole nitrogens is 1. The molecule has 130 valence electrons. The van der Waals surface area contributed by atoms with Gasteiger partial charge >= 0.3 is 6.03 Å². The minimum Gasteiger partial charge on any atom is -0.477 e. The van der Waals surface area contributed by atoms with Crippen LogP contribution in [-0.2, 0) is 0 Å². The molecule has 3 N–H and O–H groups in total. The van der Waals surface area contributed by atoms with Crippen molar-refractivity contribution in [3.63, 3.8) is 0 Å². The lowest BCUT2D eigenvalue weighted by molar-refractivity contribution is 0.252. The van der Waals surface area contributed by atoms with Crippen molar-refractivity contribution in [3.8, 4) is 27.2 Å². The highest BCUT2D eigenvalue weighted by Crippen LogP contribution is 2.38. The molecular formula is C15H17N7O2S. The van der Waals surface area contributed by atoms with Crippen LogP contribution in [0.3, 0.4) is 0 Å². The topological polar surface area (TPSA) is 118 Å². The molecule has 3 aromatic heterocycles. The van der Waals surface area contributed by atoms with Crippen molar-refractivity contribution in [3.05, 3.63) is 24.7 Å². The van der Waals surface area contributed by atoms with Crippen LogP contribution in [0.5, 0.6) is 5.88 Å². The lowest BCUT2D eigenvalue weighted by atomic mass is 10.3. The first-order valence-electron chi connectivity index (χ1n) is 7.71. The number of hydrogen-bond acceptors (Lipinski definition) is 7. The molecule has 0 bridgehead atoms. The van der Waals surface area contributed by atoms with Gasteiger partial charge in [0.25, 0.3) is 0 Å². The summed E-state index contributed by atoms with van der Waals surface area (Å²) in [5.41, 5.74) is 0.818. The zero-order chi connectivity index (χ0) is 17.6. The van der Waals surface area contributed by atoms with Crippen molar-refractivity contribution < 1.29 is 9.53 Å². The first-order valence-corrected chi connectivity index (χ1v) is 8.53. The zero-order valence-electron chi connectivity index (χ0n) is 13.7. The molecule has 0 unspecified atom stereocenters. The van der Waals surface area contributed by atoms with Crippen LogP contribution in [0.1, 0.15) is 13.8 Å². The van der Waals surface area contributed by atoms with Crippen molar-refractivity contribution in [2.75, 3.05) is 18.5 Å². The lowest BCUT2D eigenvalue weighted by Gasteiger charge is -2.05. The summed E-state index contributed by atoms with van der Waals surface area (Å²) in [6, 6.07) is 3.28. The number of carbonyl (C=O) groups excluding carboxylic acids is 1. The highest BCUT2D eigenvalue weighted by Gasteiger charge is 2.18. The van der Waals surface area contributed by atoms with Crippen LogP contribution < -0.4 is 15.4 Å². The Bertz CT molecular complexity index is 847. The Morgan fingerprint density at radius 1 is 1.36 bits per heavy atom. The first kappa shape index (κ1) is 16.8. The maximum atomic E-state index is 11.6. The standard InChI is InChI=1S/C15H17N7O2S/c1-3-16-15(23)20-10-7-9(5-6-17-10)14-21-13(24-4-2)11(25-14)12-18-8-19-22-12/h5-8H,3-4H2,1-2H3,(H,18,19,22)(H2,16,17,20,23). The molecule has 0 aliphatic carbocycles. The SMILES string of the molecule is CCNC(=O)Nc1cc(-c2nc(OCC)c(-c3ncn[nH]3)s2)ccn1. The van der Waals surface area contributed by atoms with Gasteiger partial charge in [0.15, 0.2) is 5.82 Å². The summed E-state index contributed by atoms with van der Waals surface area (Å²) in [6.45, 7) is 4.77. The fraction of sp³-hybridized carbons (Fsp3) is 0.267. The van der Waals surface area contributed by atoms with Gasteiger partial charge in [-0.1, -0.05) is 0 Å². The van der Waals surface area contributed by atoms with Crippen LogP contribution >= 0.6 is 11.3 Å². The normalized spacial score (nSPS) is 10.5. The maximum absolute atomic E-state index is 11.6. The first-order chi connectivity index (χ1) is 12.2. The van der Waals surface area contributed by atoms with Crippen molar-refractivity contribution in [1.82, 2.24) is 30.5 Å². The smallest absolute Gasteiger partial charge is 0.320 e. The molecule has 0 saturated heterocycles. The fourth-order valence-corrected chi connectivity index (χ4v) is 3.04. The molecule has 0 aliphatic heterocycles. The van der Waals surface area contributed by atoms with E-state index in [4.69, 9.17) is 4.74 Å². The largest absolute Gasteiger partial charge is 0.477 e. The summed E-state index contributed by atoms with van der Waals surface area (Å²) in [6.07, 6.45) is 3.05. The van der Waals surface area contributed by atoms with Gasteiger partial charge in [0, 0.05) is 18.3 Å². The van der Waals surface area contributed by atoms with Crippen LogP contribution in [0.25, 0.3) is 21.3 Å². The molecule has 25 heavy (non-hydrogen) atoms. The van der Waals surface area contributed by atoms with E-state index in [-0.39, 0.29) is 6.03 Å². The Morgan fingerprint density at radius 2 is 2.24 bits per heavy atom. The number of anilines is 1. The zero-order valence-corrected chi connectivity index (χ0v) is 14.6. The number of aromatic nitrogens is 5. The third kappa shape index (κ3) is 3.91. The molecule has 0 spiro atoms. The molecule has 0 aliphatic rings. The van der Waals surface area contributed by atoms with E-state index in [9.17, 15) is 4.79 Å². The predicted octanol–water partition coefficient (Wildman–Crippen LogP) is 2.53. The van der Waals surface area contributed by atoms with Crippen LogP contribution in [0.4, 0.5) is 10.6 Å². The van der Waals surface area contributed by atoms with Crippen LogP contribution in [0.2, 0.25) is 0 Å². The summed E-state index contributed by atoms with van der Waals surface area (Å²) in [7, 11) is 0. The van der Waals surface area contributed by atoms with E-state index in [0.717, 1.165) is 15.4 Å². The van der Waals surface area contributed by atoms with Gasteiger partial charge < -0.3 is 10.1 Å². The fourth-order valence-electron chi connectivity index (χ4n) is 2.08. The Hall–Kier alpha value is -3.01. The van der Waals surface area contributed by atoms with Crippen molar-refractivity contribution in [2.45, 2.75) is 13.8 Å². The summed E-state index contributed by atoms with van der Waals surface area (Å²) in [5, 5.41) is 12.8. The number of hydrogen-bond donors (Lipinski definition) is 3. The number of nitrogens with zero attached hydrogens (tertiary/aromatic N) is 4. The van der Waals surface area contributed by atoms with E-state index in [2.05, 4.69) is 35.8 Å². The van der Waals surface area contributed by atoms with Crippen LogP contribution in [0.15, 0.2) is 24.7 Å². The van der Waals surface area contributed by atoms with Gasteiger partial charge in [0.2, 0.25) is 5.88 Å². The molecule has 0 radical (unpaired) electrons. The van der Waals surface area contributed by atoms with Gasteiger partial charge in [0.05, 0.1) is 6.61 Å². The highest BCUT2D eigenvalue weighted by atomic mass is 32.1. The second-order valence-corrected chi connectivity index (χ2v) is 5.83.